The molecule has 0 spiro atoms. The Morgan fingerprint density at radius 2 is 0.618 bits per heavy atom. The van der Waals surface area contributed by atoms with E-state index in [0.29, 0.717) is 12.8 Å². The number of aliphatic hydroxyl groups is 3. The molecule has 4 N–H and O–H groups in total. The van der Waals surface area contributed by atoms with Gasteiger partial charge in [-0.3, -0.25) is 4.79 Å². The second-order valence-electron chi connectivity index (χ2n) is 17.7. The predicted molar refractivity (Wildman–Crippen MR) is 241 cm³/mol. The molecular weight excluding hydrogens is 679 g/mol. The number of hydrogen-bond acceptors (Lipinski definition) is 4. The van der Waals surface area contributed by atoms with Crippen molar-refractivity contribution in [3.63, 3.8) is 0 Å². The molecule has 3 unspecified atom stereocenters. The van der Waals surface area contributed by atoms with Crippen molar-refractivity contribution in [1.29, 1.82) is 0 Å². The SMILES string of the molecule is CCCCCCCCCCCCCCCCCCCCCCCCCCCCCCCCCCCC(=O)NC(CO)C(O)C(O)CCCCCCCCCC. The number of rotatable bonds is 47. The summed E-state index contributed by atoms with van der Waals surface area (Å²) in [6.45, 7) is 4.16. The summed E-state index contributed by atoms with van der Waals surface area (Å²) in [6.07, 6.45) is 54.2. The van der Waals surface area contributed by atoms with Crippen molar-refractivity contribution >= 4 is 5.91 Å². The highest BCUT2D eigenvalue weighted by atomic mass is 16.3. The van der Waals surface area contributed by atoms with Crippen molar-refractivity contribution in [3.8, 4) is 0 Å². The molecule has 1 amide bonds. The number of carbonyl (C=O) groups is 1. The van der Waals surface area contributed by atoms with Crippen LogP contribution in [-0.4, -0.2) is 46.1 Å². The Kier molecular flexibility index (Phi) is 45.5. The molecule has 330 valence electrons. The molecule has 5 heteroatoms. The Balaban J connectivity index is 3.37. The van der Waals surface area contributed by atoms with Crippen LogP contribution in [0.1, 0.15) is 290 Å². The summed E-state index contributed by atoms with van der Waals surface area (Å²) in [5.74, 6) is -0.141. The van der Waals surface area contributed by atoms with E-state index in [1.165, 1.54) is 225 Å². The number of nitrogens with one attached hydrogen (secondary N) is 1. The second kappa shape index (κ2) is 46.0. The molecule has 0 aromatic rings. The van der Waals surface area contributed by atoms with E-state index >= 15 is 0 Å². The lowest BCUT2D eigenvalue weighted by molar-refractivity contribution is -0.124. The zero-order valence-electron chi connectivity index (χ0n) is 37.6. The van der Waals surface area contributed by atoms with Crippen molar-refractivity contribution in [2.45, 2.75) is 308 Å². The maximum Gasteiger partial charge on any atom is 0.220 e. The quantitative estimate of drug-likeness (QED) is 0.0463. The summed E-state index contributed by atoms with van der Waals surface area (Å²) in [7, 11) is 0. The van der Waals surface area contributed by atoms with Crippen LogP contribution in [0.2, 0.25) is 0 Å². The third-order valence-corrected chi connectivity index (χ3v) is 12.2. The van der Waals surface area contributed by atoms with Gasteiger partial charge in [-0.05, 0) is 12.8 Å². The molecule has 0 aromatic carbocycles. The van der Waals surface area contributed by atoms with Crippen molar-refractivity contribution in [1.82, 2.24) is 5.32 Å². The fourth-order valence-corrected chi connectivity index (χ4v) is 8.28. The average molecular weight is 780 g/mol. The first-order valence-corrected chi connectivity index (χ1v) is 25.3. The Bertz CT molecular complexity index is 733. The summed E-state index contributed by atoms with van der Waals surface area (Å²) in [4.78, 5) is 12.4. The molecule has 5 nitrogen and oxygen atoms in total. The topological polar surface area (TPSA) is 89.8 Å². The first kappa shape index (κ1) is 54.3. The van der Waals surface area contributed by atoms with E-state index in [0.717, 1.165) is 38.5 Å². The van der Waals surface area contributed by atoms with Crippen molar-refractivity contribution in [2.24, 2.45) is 0 Å². The Labute approximate surface area is 345 Å². The third-order valence-electron chi connectivity index (χ3n) is 12.2. The largest absolute Gasteiger partial charge is 0.394 e. The van der Waals surface area contributed by atoms with Gasteiger partial charge in [0.2, 0.25) is 5.91 Å². The van der Waals surface area contributed by atoms with Gasteiger partial charge in [0.15, 0.2) is 0 Å². The van der Waals surface area contributed by atoms with Crippen molar-refractivity contribution < 1.29 is 20.1 Å². The summed E-state index contributed by atoms with van der Waals surface area (Å²) in [5, 5.41) is 33.4. The van der Waals surface area contributed by atoms with Crippen LogP contribution >= 0.6 is 0 Å². The van der Waals surface area contributed by atoms with Crippen LogP contribution in [0, 0.1) is 0 Å². The average Bonchev–Trinajstić information content (AvgIpc) is 3.19. The molecule has 0 aromatic heterocycles. The van der Waals surface area contributed by atoms with Crippen molar-refractivity contribution in [3.05, 3.63) is 0 Å². The zero-order valence-corrected chi connectivity index (χ0v) is 37.6. The second-order valence-corrected chi connectivity index (χ2v) is 17.7. The zero-order chi connectivity index (χ0) is 40.1. The smallest absolute Gasteiger partial charge is 0.220 e. The van der Waals surface area contributed by atoms with E-state index in [2.05, 4.69) is 19.2 Å². The van der Waals surface area contributed by atoms with E-state index in [9.17, 15) is 20.1 Å². The lowest BCUT2D eigenvalue weighted by Crippen LogP contribution is -2.50. The number of aliphatic hydroxyl groups excluding tert-OH is 3. The minimum Gasteiger partial charge on any atom is -0.394 e. The van der Waals surface area contributed by atoms with E-state index in [1.807, 2.05) is 0 Å². The first-order valence-electron chi connectivity index (χ1n) is 25.3. The lowest BCUT2D eigenvalue weighted by atomic mass is 9.99. The fourth-order valence-electron chi connectivity index (χ4n) is 8.28. The van der Waals surface area contributed by atoms with Crippen LogP contribution in [0.4, 0.5) is 0 Å². The molecule has 0 aliphatic carbocycles. The highest BCUT2D eigenvalue weighted by molar-refractivity contribution is 5.76. The van der Waals surface area contributed by atoms with Crippen LogP contribution in [-0.2, 0) is 4.79 Å². The molecular formula is C50H101NO4. The van der Waals surface area contributed by atoms with E-state index in [4.69, 9.17) is 0 Å². The van der Waals surface area contributed by atoms with Gasteiger partial charge in [0.25, 0.3) is 0 Å². The van der Waals surface area contributed by atoms with Crippen LogP contribution in [0.15, 0.2) is 0 Å². The molecule has 0 saturated carbocycles. The van der Waals surface area contributed by atoms with Gasteiger partial charge < -0.3 is 20.6 Å². The molecule has 0 aliphatic rings. The van der Waals surface area contributed by atoms with Crippen LogP contribution < -0.4 is 5.32 Å². The normalized spacial score (nSPS) is 13.3. The molecule has 0 heterocycles. The molecule has 3 atom stereocenters. The lowest BCUT2D eigenvalue weighted by Gasteiger charge is -2.26. The molecule has 0 fully saturated rings. The van der Waals surface area contributed by atoms with Gasteiger partial charge in [0, 0.05) is 6.42 Å². The van der Waals surface area contributed by atoms with Gasteiger partial charge in [0.05, 0.1) is 18.8 Å². The van der Waals surface area contributed by atoms with E-state index in [1.54, 1.807) is 0 Å². The molecule has 0 bridgehead atoms. The summed E-state index contributed by atoms with van der Waals surface area (Å²) in [6, 6.07) is -0.801. The molecule has 0 rings (SSSR count). The number of amides is 1. The predicted octanol–water partition coefficient (Wildman–Crippen LogP) is 15.0. The Morgan fingerprint density at radius 1 is 0.382 bits per heavy atom. The fraction of sp³-hybridized carbons (Fsp3) is 0.980. The van der Waals surface area contributed by atoms with Crippen LogP contribution in [0.3, 0.4) is 0 Å². The maximum atomic E-state index is 12.4. The van der Waals surface area contributed by atoms with Crippen LogP contribution in [0.25, 0.3) is 0 Å². The van der Waals surface area contributed by atoms with Crippen LogP contribution in [0.5, 0.6) is 0 Å². The van der Waals surface area contributed by atoms with Gasteiger partial charge in [-0.15, -0.1) is 0 Å². The molecule has 0 aliphatic heterocycles. The van der Waals surface area contributed by atoms with Crippen molar-refractivity contribution in [2.75, 3.05) is 6.61 Å². The van der Waals surface area contributed by atoms with Gasteiger partial charge >= 0.3 is 0 Å². The summed E-state index contributed by atoms with van der Waals surface area (Å²) < 4.78 is 0. The third kappa shape index (κ3) is 41.3. The summed E-state index contributed by atoms with van der Waals surface area (Å²) >= 11 is 0. The number of unbranched alkanes of at least 4 members (excludes halogenated alkanes) is 39. The monoisotopic (exact) mass is 780 g/mol. The Morgan fingerprint density at radius 3 is 0.873 bits per heavy atom. The minimum atomic E-state index is -1.13. The van der Waals surface area contributed by atoms with E-state index < -0.39 is 18.2 Å². The maximum absolute atomic E-state index is 12.4. The minimum absolute atomic E-state index is 0.141. The first-order chi connectivity index (χ1) is 27.1. The number of carbonyl (C=O) groups excluding carboxylic acids is 1. The van der Waals surface area contributed by atoms with E-state index in [-0.39, 0.29) is 12.5 Å². The summed E-state index contributed by atoms with van der Waals surface area (Å²) in [5.41, 5.74) is 0. The Hall–Kier alpha value is -0.650. The molecule has 0 radical (unpaired) electrons. The van der Waals surface area contributed by atoms with Gasteiger partial charge in [-0.1, -0.05) is 271 Å². The highest BCUT2D eigenvalue weighted by Gasteiger charge is 2.26. The van der Waals surface area contributed by atoms with Gasteiger partial charge in [-0.25, -0.2) is 0 Å². The number of hydrogen-bond donors (Lipinski definition) is 4. The van der Waals surface area contributed by atoms with Gasteiger partial charge in [0.1, 0.15) is 6.10 Å². The van der Waals surface area contributed by atoms with Gasteiger partial charge in [-0.2, -0.15) is 0 Å². The molecule has 0 saturated heterocycles. The molecule has 55 heavy (non-hydrogen) atoms. The standard InChI is InChI=1S/C50H101NO4/c1-3-5-7-9-11-13-14-15-16-17-18-19-20-21-22-23-24-25-26-27-28-29-30-31-32-33-34-35-36-37-39-41-43-45-49(54)51-47(46-52)50(55)48(53)44-42-40-38-12-10-8-6-4-2/h47-48,50,52-53,55H,3-46H2,1-2H3,(H,51,54). The highest BCUT2D eigenvalue weighted by Crippen LogP contribution is 2.18.